The fraction of sp³-hybridized carbons (Fsp3) is 0.400. The number of nitrogens with one attached hydrogen (secondary N) is 1. The van der Waals surface area contributed by atoms with Crippen molar-refractivity contribution in [3.63, 3.8) is 0 Å². The van der Waals surface area contributed by atoms with Gasteiger partial charge in [0, 0.05) is 7.05 Å². The molecule has 0 bridgehead atoms. The molecular weight excluding hydrogens is 504 g/mol. The molecule has 37 heavy (non-hydrogen) atoms. The standard InChI is InChI=1S/C25H32N2O9S/c1-25(2,3)36-22(28)15-19(23(29)27(4)34-6)26-37(31,32)21-13-12-18(24(30)33-5)14-20(21)35-16-17-10-8-7-9-11-17/h7-14,19,26H,15-16H2,1-6H3/t19-/m0/s1. The van der Waals surface area contributed by atoms with E-state index < -0.39 is 45.9 Å². The van der Waals surface area contributed by atoms with Crippen LogP contribution >= 0.6 is 0 Å². The van der Waals surface area contributed by atoms with Crippen molar-refractivity contribution in [2.75, 3.05) is 21.3 Å². The van der Waals surface area contributed by atoms with Crippen molar-refractivity contribution in [2.24, 2.45) is 0 Å². The Morgan fingerprint density at radius 2 is 1.68 bits per heavy atom. The lowest BCUT2D eigenvalue weighted by Gasteiger charge is -2.25. The van der Waals surface area contributed by atoms with Gasteiger partial charge >= 0.3 is 11.9 Å². The van der Waals surface area contributed by atoms with E-state index in [4.69, 9.17) is 19.0 Å². The molecule has 2 aromatic carbocycles. The zero-order valence-electron chi connectivity index (χ0n) is 21.6. The lowest BCUT2D eigenvalue weighted by molar-refractivity contribution is -0.173. The van der Waals surface area contributed by atoms with Gasteiger partial charge in [0.25, 0.3) is 5.91 Å². The fourth-order valence-electron chi connectivity index (χ4n) is 3.11. The van der Waals surface area contributed by atoms with Crippen molar-refractivity contribution in [3.8, 4) is 5.75 Å². The predicted octanol–water partition coefficient (Wildman–Crippen LogP) is 2.45. The average Bonchev–Trinajstić information content (AvgIpc) is 2.84. The molecule has 11 nitrogen and oxygen atoms in total. The van der Waals surface area contributed by atoms with Crippen LogP contribution in [0.25, 0.3) is 0 Å². The Balaban J connectivity index is 2.44. The number of rotatable bonds is 11. The monoisotopic (exact) mass is 536 g/mol. The minimum absolute atomic E-state index is 0.000661. The Morgan fingerprint density at radius 3 is 2.24 bits per heavy atom. The average molecular weight is 537 g/mol. The van der Waals surface area contributed by atoms with E-state index in [0.29, 0.717) is 0 Å². The number of carbonyl (C=O) groups excluding carboxylic acids is 3. The maximum absolute atomic E-state index is 13.4. The number of methoxy groups -OCH3 is 1. The fourth-order valence-corrected chi connectivity index (χ4v) is 4.43. The van der Waals surface area contributed by atoms with E-state index in [1.165, 1.54) is 33.4 Å². The summed E-state index contributed by atoms with van der Waals surface area (Å²) >= 11 is 0. The van der Waals surface area contributed by atoms with Gasteiger partial charge in [-0.2, -0.15) is 4.72 Å². The van der Waals surface area contributed by atoms with Gasteiger partial charge in [-0.3, -0.25) is 14.4 Å². The summed E-state index contributed by atoms with van der Waals surface area (Å²) in [6, 6.07) is 11.1. The zero-order valence-corrected chi connectivity index (χ0v) is 22.5. The first kappa shape index (κ1) is 29.7. The highest BCUT2D eigenvalue weighted by Crippen LogP contribution is 2.27. The molecule has 202 valence electrons. The van der Waals surface area contributed by atoms with Crippen molar-refractivity contribution in [1.29, 1.82) is 0 Å². The van der Waals surface area contributed by atoms with Gasteiger partial charge in [0.2, 0.25) is 10.0 Å². The number of hydrogen-bond donors (Lipinski definition) is 1. The summed E-state index contributed by atoms with van der Waals surface area (Å²) in [6.07, 6.45) is -0.594. The highest BCUT2D eigenvalue weighted by Gasteiger charge is 2.33. The summed E-state index contributed by atoms with van der Waals surface area (Å²) in [5.41, 5.74) is -0.0363. The maximum Gasteiger partial charge on any atom is 0.337 e. The first-order valence-electron chi connectivity index (χ1n) is 11.2. The third-order valence-electron chi connectivity index (χ3n) is 4.86. The number of sulfonamides is 1. The van der Waals surface area contributed by atoms with Crippen molar-refractivity contribution >= 4 is 27.9 Å². The topological polar surface area (TPSA) is 138 Å². The molecule has 0 aromatic heterocycles. The number of hydroxylamine groups is 2. The molecule has 0 aliphatic heterocycles. The van der Waals surface area contributed by atoms with Crippen LogP contribution in [0.1, 0.15) is 43.1 Å². The summed E-state index contributed by atoms with van der Waals surface area (Å²) < 4.78 is 44.9. The maximum atomic E-state index is 13.4. The second kappa shape index (κ2) is 12.7. The number of likely N-dealkylation sites (N-methyl/N-ethyl adjacent to an activating group) is 1. The van der Waals surface area contributed by atoms with Crippen LogP contribution in [0.4, 0.5) is 0 Å². The number of nitrogens with zero attached hydrogens (tertiary/aromatic N) is 1. The molecule has 1 amide bonds. The molecule has 2 aromatic rings. The normalized spacial score (nSPS) is 12.4. The Morgan fingerprint density at radius 1 is 1.03 bits per heavy atom. The van der Waals surface area contributed by atoms with E-state index in [9.17, 15) is 22.8 Å². The summed E-state index contributed by atoms with van der Waals surface area (Å²) in [7, 11) is -0.769. The highest BCUT2D eigenvalue weighted by atomic mass is 32.2. The summed E-state index contributed by atoms with van der Waals surface area (Å²) in [4.78, 5) is 41.9. The molecule has 0 saturated carbocycles. The molecule has 0 fully saturated rings. The molecule has 1 atom stereocenters. The molecule has 2 rings (SSSR count). The van der Waals surface area contributed by atoms with Crippen LogP contribution in [-0.4, -0.2) is 64.2 Å². The lowest BCUT2D eigenvalue weighted by Crippen LogP contribution is -2.48. The summed E-state index contributed by atoms with van der Waals surface area (Å²) in [6.45, 7) is 4.94. The molecule has 0 unspecified atom stereocenters. The second-order valence-electron chi connectivity index (χ2n) is 8.91. The van der Waals surface area contributed by atoms with Crippen LogP contribution in [0.3, 0.4) is 0 Å². The number of esters is 2. The molecule has 0 saturated heterocycles. The second-order valence-corrected chi connectivity index (χ2v) is 10.6. The smallest absolute Gasteiger partial charge is 0.337 e. The first-order valence-corrected chi connectivity index (χ1v) is 12.7. The first-order chi connectivity index (χ1) is 17.3. The van der Waals surface area contributed by atoms with Gasteiger partial charge in [-0.25, -0.2) is 18.3 Å². The van der Waals surface area contributed by atoms with Crippen LogP contribution in [0.5, 0.6) is 5.75 Å². The predicted molar refractivity (Wildman–Crippen MR) is 133 cm³/mol. The van der Waals surface area contributed by atoms with E-state index in [2.05, 4.69) is 4.72 Å². The van der Waals surface area contributed by atoms with E-state index in [1.54, 1.807) is 45.0 Å². The van der Waals surface area contributed by atoms with Gasteiger partial charge in [-0.1, -0.05) is 30.3 Å². The molecule has 0 spiro atoms. The Hall–Kier alpha value is -3.48. The van der Waals surface area contributed by atoms with Crippen molar-refractivity contribution < 1.29 is 41.8 Å². The molecule has 12 heteroatoms. The van der Waals surface area contributed by atoms with Gasteiger partial charge in [-0.05, 0) is 44.5 Å². The molecule has 0 aliphatic carbocycles. The Kier molecular flexibility index (Phi) is 10.2. The van der Waals surface area contributed by atoms with Crippen LogP contribution in [0.15, 0.2) is 53.4 Å². The van der Waals surface area contributed by atoms with Crippen LogP contribution in [0.2, 0.25) is 0 Å². The minimum atomic E-state index is -4.46. The third-order valence-corrected chi connectivity index (χ3v) is 6.37. The number of hydrogen-bond acceptors (Lipinski definition) is 9. The number of amides is 1. The SMILES string of the molecule is COC(=O)c1ccc(S(=O)(=O)N[C@@H](CC(=O)OC(C)(C)C)C(=O)N(C)OC)c(OCc2ccccc2)c1. The number of benzene rings is 2. The van der Waals surface area contributed by atoms with E-state index >= 15 is 0 Å². The van der Waals surface area contributed by atoms with Crippen LogP contribution in [-0.2, 0) is 40.5 Å². The van der Waals surface area contributed by atoms with Crippen molar-refractivity contribution in [1.82, 2.24) is 9.79 Å². The number of carbonyl (C=O) groups is 3. The zero-order chi connectivity index (χ0) is 27.8. The highest BCUT2D eigenvalue weighted by molar-refractivity contribution is 7.89. The van der Waals surface area contributed by atoms with Gasteiger partial charge in [0.15, 0.2) is 0 Å². The van der Waals surface area contributed by atoms with E-state index in [0.717, 1.165) is 16.7 Å². The quantitative estimate of drug-likeness (QED) is 0.339. The van der Waals surface area contributed by atoms with Gasteiger partial charge < -0.3 is 14.2 Å². The molecule has 0 radical (unpaired) electrons. The largest absolute Gasteiger partial charge is 0.487 e. The summed E-state index contributed by atoms with van der Waals surface area (Å²) in [5.74, 6) is -2.46. The van der Waals surface area contributed by atoms with Crippen LogP contribution in [0, 0.1) is 0 Å². The van der Waals surface area contributed by atoms with E-state index in [-0.39, 0.29) is 22.8 Å². The third kappa shape index (κ3) is 8.85. The minimum Gasteiger partial charge on any atom is -0.487 e. The van der Waals surface area contributed by atoms with Crippen molar-refractivity contribution in [3.05, 3.63) is 59.7 Å². The number of ether oxygens (including phenoxy) is 3. The van der Waals surface area contributed by atoms with Crippen LogP contribution < -0.4 is 9.46 Å². The molecule has 0 aliphatic rings. The molecule has 0 heterocycles. The Labute approximate surface area is 216 Å². The van der Waals surface area contributed by atoms with Gasteiger partial charge in [0.1, 0.15) is 28.9 Å². The van der Waals surface area contributed by atoms with Crippen molar-refractivity contribution in [2.45, 2.75) is 50.3 Å². The molecular formula is C25H32N2O9S. The lowest BCUT2D eigenvalue weighted by atomic mass is 10.1. The summed E-state index contributed by atoms with van der Waals surface area (Å²) in [5, 5.41) is 0.796. The van der Waals surface area contributed by atoms with E-state index in [1.807, 2.05) is 6.07 Å². The Bertz CT molecular complexity index is 1210. The molecule has 1 N–H and O–H groups in total. The van der Waals surface area contributed by atoms with Gasteiger partial charge in [-0.15, -0.1) is 0 Å². The van der Waals surface area contributed by atoms with Gasteiger partial charge in [0.05, 0.1) is 26.2 Å².